The SMILES string of the molecule is CCc1ccccc1C1C(CN)CCCN1C1CC1. The topological polar surface area (TPSA) is 29.3 Å². The van der Waals surface area contributed by atoms with Crippen LogP contribution in [0.4, 0.5) is 0 Å². The Morgan fingerprint density at radius 1 is 1.21 bits per heavy atom. The third-order valence-corrected chi connectivity index (χ3v) is 4.87. The van der Waals surface area contributed by atoms with Crippen molar-refractivity contribution in [3.05, 3.63) is 35.4 Å². The molecule has 0 amide bonds. The number of likely N-dealkylation sites (tertiary alicyclic amines) is 1. The minimum absolute atomic E-state index is 0.572. The molecule has 2 fully saturated rings. The number of piperidine rings is 1. The average molecular weight is 258 g/mol. The lowest BCUT2D eigenvalue weighted by Gasteiger charge is -2.42. The summed E-state index contributed by atoms with van der Waals surface area (Å²) in [6, 6.07) is 10.4. The molecule has 2 N–H and O–H groups in total. The van der Waals surface area contributed by atoms with Crippen LogP contribution in [0.3, 0.4) is 0 Å². The van der Waals surface area contributed by atoms with Crippen LogP contribution in [0.2, 0.25) is 0 Å². The molecule has 1 aliphatic carbocycles. The van der Waals surface area contributed by atoms with E-state index in [0.29, 0.717) is 12.0 Å². The Morgan fingerprint density at radius 2 is 2.00 bits per heavy atom. The molecule has 2 heteroatoms. The van der Waals surface area contributed by atoms with E-state index in [4.69, 9.17) is 5.73 Å². The van der Waals surface area contributed by atoms with Crippen molar-refractivity contribution in [3.63, 3.8) is 0 Å². The maximum Gasteiger partial charge on any atom is 0.0393 e. The van der Waals surface area contributed by atoms with Gasteiger partial charge >= 0.3 is 0 Å². The molecule has 0 bridgehead atoms. The number of rotatable bonds is 4. The highest BCUT2D eigenvalue weighted by Crippen LogP contribution is 2.43. The maximum absolute atomic E-state index is 6.08. The van der Waals surface area contributed by atoms with Gasteiger partial charge in [0.2, 0.25) is 0 Å². The molecule has 0 aromatic heterocycles. The fourth-order valence-corrected chi connectivity index (χ4v) is 3.74. The molecular formula is C17H26N2. The van der Waals surface area contributed by atoms with E-state index in [0.717, 1.165) is 19.0 Å². The fourth-order valence-electron chi connectivity index (χ4n) is 3.74. The van der Waals surface area contributed by atoms with Gasteiger partial charge in [0.15, 0.2) is 0 Å². The number of hydrogen-bond donors (Lipinski definition) is 1. The average Bonchev–Trinajstić information content (AvgIpc) is 3.31. The summed E-state index contributed by atoms with van der Waals surface area (Å²) in [6.07, 6.45) is 6.53. The van der Waals surface area contributed by atoms with Gasteiger partial charge in [0.05, 0.1) is 0 Å². The largest absolute Gasteiger partial charge is 0.330 e. The highest BCUT2D eigenvalue weighted by molar-refractivity contribution is 5.31. The lowest BCUT2D eigenvalue weighted by molar-refractivity contribution is 0.0874. The molecule has 2 aliphatic rings. The molecule has 0 spiro atoms. The van der Waals surface area contributed by atoms with Crippen LogP contribution in [-0.2, 0) is 6.42 Å². The number of benzene rings is 1. The first kappa shape index (κ1) is 13.1. The highest BCUT2D eigenvalue weighted by atomic mass is 15.2. The Bertz CT molecular complexity index is 425. The number of nitrogens with two attached hydrogens (primary N) is 1. The van der Waals surface area contributed by atoms with Crippen LogP contribution in [0.5, 0.6) is 0 Å². The summed E-state index contributed by atoms with van der Waals surface area (Å²) in [7, 11) is 0. The molecule has 19 heavy (non-hydrogen) atoms. The van der Waals surface area contributed by atoms with Crippen molar-refractivity contribution in [2.24, 2.45) is 11.7 Å². The maximum atomic E-state index is 6.08. The minimum atomic E-state index is 0.572. The van der Waals surface area contributed by atoms with E-state index in [-0.39, 0.29) is 0 Å². The zero-order valence-corrected chi connectivity index (χ0v) is 12.0. The smallest absolute Gasteiger partial charge is 0.0393 e. The molecule has 2 unspecified atom stereocenters. The number of nitrogens with zero attached hydrogens (tertiary/aromatic N) is 1. The molecule has 1 aromatic carbocycles. The Balaban J connectivity index is 1.95. The molecular weight excluding hydrogens is 232 g/mol. The Hall–Kier alpha value is -0.860. The molecule has 2 nitrogen and oxygen atoms in total. The normalized spacial score (nSPS) is 28.5. The van der Waals surface area contributed by atoms with Crippen LogP contribution in [0.25, 0.3) is 0 Å². The number of hydrogen-bond acceptors (Lipinski definition) is 2. The molecule has 1 saturated carbocycles. The van der Waals surface area contributed by atoms with Crippen molar-refractivity contribution in [1.82, 2.24) is 4.90 Å². The Morgan fingerprint density at radius 3 is 2.68 bits per heavy atom. The first-order chi connectivity index (χ1) is 9.35. The zero-order chi connectivity index (χ0) is 13.2. The molecule has 1 aliphatic heterocycles. The van der Waals surface area contributed by atoms with Crippen molar-refractivity contribution < 1.29 is 0 Å². The van der Waals surface area contributed by atoms with Crippen LogP contribution in [0, 0.1) is 5.92 Å². The Kier molecular flexibility index (Phi) is 3.90. The van der Waals surface area contributed by atoms with Gasteiger partial charge in [0.25, 0.3) is 0 Å². The molecule has 1 saturated heterocycles. The lowest BCUT2D eigenvalue weighted by Crippen LogP contribution is -2.43. The zero-order valence-electron chi connectivity index (χ0n) is 12.0. The first-order valence-corrected chi connectivity index (χ1v) is 7.88. The van der Waals surface area contributed by atoms with Crippen LogP contribution in [0.15, 0.2) is 24.3 Å². The van der Waals surface area contributed by atoms with Gasteiger partial charge in [-0.1, -0.05) is 31.2 Å². The monoisotopic (exact) mass is 258 g/mol. The molecule has 1 aromatic rings. The van der Waals surface area contributed by atoms with Crippen molar-refractivity contribution >= 4 is 0 Å². The predicted molar refractivity (Wildman–Crippen MR) is 80.1 cm³/mol. The summed E-state index contributed by atoms with van der Waals surface area (Å²) >= 11 is 0. The van der Waals surface area contributed by atoms with E-state index < -0.39 is 0 Å². The standard InChI is InChI=1S/C17H26N2/c1-2-13-6-3-4-8-16(13)17-14(12-18)7-5-11-19(17)15-9-10-15/h3-4,6,8,14-15,17H,2,5,7,9-12,18H2,1H3. The van der Waals surface area contributed by atoms with Gasteiger partial charge in [0, 0.05) is 12.1 Å². The summed E-state index contributed by atoms with van der Waals surface area (Å²) in [5.74, 6) is 0.641. The van der Waals surface area contributed by atoms with E-state index in [9.17, 15) is 0 Å². The van der Waals surface area contributed by atoms with Gasteiger partial charge in [-0.15, -0.1) is 0 Å². The van der Waals surface area contributed by atoms with E-state index >= 15 is 0 Å². The summed E-state index contributed by atoms with van der Waals surface area (Å²) < 4.78 is 0. The third kappa shape index (κ3) is 2.56. The lowest BCUT2D eigenvalue weighted by atomic mass is 9.82. The second-order valence-corrected chi connectivity index (χ2v) is 6.10. The van der Waals surface area contributed by atoms with E-state index in [1.54, 1.807) is 5.56 Å². The van der Waals surface area contributed by atoms with Crippen LogP contribution >= 0.6 is 0 Å². The van der Waals surface area contributed by atoms with Gasteiger partial charge < -0.3 is 5.73 Å². The minimum Gasteiger partial charge on any atom is -0.330 e. The van der Waals surface area contributed by atoms with Crippen LogP contribution < -0.4 is 5.73 Å². The van der Waals surface area contributed by atoms with Crippen LogP contribution in [-0.4, -0.2) is 24.0 Å². The highest BCUT2D eigenvalue weighted by Gasteiger charge is 2.40. The van der Waals surface area contributed by atoms with Gasteiger partial charge in [-0.05, 0) is 62.2 Å². The molecule has 2 atom stereocenters. The predicted octanol–water partition coefficient (Wildman–Crippen LogP) is 3.12. The fraction of sp³-hybridized carbons (Fsp3) is 0.647. The quantitative estimate of drug-likeness (QED) is 0.899. The van der Waals surface area contributed by atoms with E-state index in [2.05, 4.69) is 36.1 Å². The van der Waals surface area contributed by atoms with Crippen LogP contribution in [0.1, 0.15) is 49.8 Å². The van der Waals surface area contributed by atoms with E-state index in [1.165, 1.54) is 37.8 Å². The summed E-state index contributed by atoms with van der Waals surface area (Å²) in [5.41, 5.74) is 9.14. The van der Waals surface area contributed by atoms with Crippen molar-refractivity contribution in [1.29, 1.82) is 0 Å². The second-order valence-electron chi connectivity index (χ2n) is 6.10. The van der Waals surface area contributed by atoms with Gasteiger partial charge in [-0.2, -0.15) is 0 Å². The van der Waals surface area contributed by atoms with Crippen molar-refractivity contribution in [2.45, 2.75) is 51.1 Å². The Labute approximate surface area is 117 Å². The number of aryl methyl sites for hydroxylation is 1. The third-order valence-electron chi connectivity index (χ3n) is 4.87. The summed E-state index contributed by atoms with van der Waals surface area (Å²) in [5, 5.41) is 0. The van der Waals surface area contributed by atoms with Gasteiger partial charge in [-0.25, -0.2) is 0 Å². The summed E-state index contributed by atoms with van der Waals surface area (Å²) in [6.45, 7) is 4.36. The summed E-state index contributed by atoms with van der Waals surface area (Å²) in [4.78, 5) is 2.76. The first-order valence-electron chi connectivity index (χ1n) is 7.88. The second kappa shape index (κ2) is 5.64. The molecule has 3 rings (SSSR count). The molecule has 0 radical (unpaired) electrons. The van der Waals surface area contributed by atoms with Gasteiger partial charge in [-0.3, -0.25) is 4.90 Å². The van der Waals surface area contributed by atoms with E-state index in [1.807, 2.05) is 0 Å². The van der Waals surface area contributed by atoms with Crippen molar-refractivity contribution in [3.8, 4) is 0 Å². The molecule has 104 valence electrons. The van der Waals surface area contributed by atoms with Crippen molar-refractivity contribution in [2.75, 3.05) is 13.1 Å². The molecule has 1 heterocycles. The van der Waals surface area contributed by atoms with Gasteiger partial charge in [0.1, 0.15) is 0 Å².